The minimum absolute atomic E-state index is 0.00309. The first kappa shape index (κ1) is 122. The number of methoxy groups -OCH3 is 1. The fourth-order valence-electron chi connectivity index (χ4n) is 11.0. The van der Waals surface area contributed by atoms with Gasteiger partial charge in [0, 0.05) is 67.6 Å². The Labute approximate surface area is 783 Å². The van der Waals surface area contributed by atoms with E-state index >= 15 is 0 Å². The predicted molar refractivity (Wildman–Crippen MR) is 460 cm³/mol. The van der Waals surface area contributed by atoms with Crippen molar-refractivity contribution in [1.29, 1.82) is 0 Å². The maximum Gasteiger partial charge on any atom is 0.488 e. The molecular formula is C51H84F2N21O52P15. The average molecular weight is 2330 g/mol. The van der Waals surface area contributed by atoms with Gasteiger partial charge in [0.2, 0.25) is 5.95 Å². The number of fused-ring (bicyclic) bond motifs is 5. The van der Waals surface area contributed by atoms with E-state index in [9.17, 15) is 117 Å². The molecule has 0 aliphatic heterocycles. The van der Waals surface area contributed by atoms with Crippen LogP contribution in [0.4, 0.5) is 38.0 Å². The van der Waals surface area contributed by atoms with E-state index in [4.69, 9.17) is 121 Å². The van der Waals surface area contributed by atoms with E-state index in [1.807, 2.05) is 0 Å². The summed E-state index contributed by atoms with van der Waals surface area (Å²) in [5.41, 5.74) is 32.5. The van der Waals surface area contributed by atoms with Gasteiger partial charge >= 0.3 is 116 Å². The van der Waals surface area contributed by atoms with E-state index in [1.54, 1.807) is 53.0 Å². The second kappa shape index (κ2) is 49.3. The van der Waals surface area contributed by atoms with E-state index in [2.05, 4.69) is 98.5 Å². The van der Waals surface area contributed by atoms with Crippen LogP contribution in [0.25, 0.3) is 27.7 Å². The largest absolute Gasteiger partial charge is 0.488 e. The van der Waals surface area contributed by atoms with Gasteiger partial charge < -0.3 is 160 Å². The minimum atomic E-state index is -5.59. The van der Waals surface area contributed by atoms with Crippen molar-refractivity contribution in [2.75, 3.05) is 94.1 Å². The van der Waals surface area contributed by atoms with Crippen molar-refractivity contribution in [3.05, 3.63) is 115 Å². The van der Waals surface area contributed by atoms with E-state index in [1.165, 1.54) is 56.7 Å². The average Bonchev–Trinajstić information content (AvgIpc) is 1.48. The lowest BCUT2D eigenvalue weighted by atomic mass is 10.1. The van der Waals surface area contributed by atoms with E-state index in [0.29, 0.717) is 69.7 Å². The van der Waals surface area contributed by atoms with Gasteiger partial charge in [0.1, 0.15) is 98.8 Å². The molecule has 0 radical (unpaired) electrons. The van der Waals surface area contributed by atoms with Crippen molar-refractivity contribution in [1.82, 2.24) is 78.0 Å². The third-order valence-electron chi connectivity index (χ3n) is 16.2. The van der Waals surface area contributed by atoms with Gasteiger partial charge in [0.15, 0.2) is 28.9 Å². The SMILES string of the molecule is COCC(Cc1ccc2c(N)ncnn12)OCP(=O)(O)OP(=O)(O)OP(=O)(O)O.Nc1ncnc2c(CC(CF)OCP(=O)(O)OP(=O)(O)OP(=O)(O)O)cnn12.Nc1ncnn2c(CC(CF)OCP(=O)(O)OP(=O)(O)OP(=O)(O)O)ccc12.Nc1ncnn2c(CC(CO)OCP(=O)(O)OP(=O)(O)OP(=O)(O)O)ccc12.Nc1ncnn2c(CC3(OCP(=O)(O)OP(=O)(O)OP(=O)(O)O)CC3)ccc12. The Morgan fingerprint density at radius 1 is 0.348 bits per heavy atom. The summed E-state index contributed by atoms with van der Waals surface area (Å²) in [6.45, 7) is -2.88. The molecule has 10 aromatic heterocycles. The fourth-order valence-corrected chi connectivity index (χ4v) is 27.7. The molecule has 1 aliphatic carbocycles. The van der Waals surface area contributed by atoms with Crippen molar-refractivity contribution in [3.8, 4) is 0 Å². The molecule has 141 heavy (non-hydrogen) atoms. The molecule has 31 N–H and O–H groups in total. The highest BCUT2D eigenvalue weighted by Gasteiger charge is 2.50. The number of nitrogen functional groups attached to an aromatic ring is 5. The maximum atomic E-state index is 13.2. The number of alkyl halides is 2. The molecule has 73 nitrogen and oxygen atoms in total. The Hall–Kier alpha value is -6.14. The summed E-state index contributed by atoms with van der Waals surface area (Å²) >= 11 is 0. The molecular weight excluding hydrogens is 2240 g/mol. The second-order valence-electron chi connectivity index (χ2n) is 27.6. The van der Waals surface area contributed by atoms with Crippen LogP contribution in [0.1, 0.15) is 41.2 Å². The third-order valence-corrected chi connectivity index (χ3v) is 36.2. The van der Waals surface area contributed by atoms with Crippen LogP contribution < -0.4 is 28.7 Å². The van der Waals surface area contributed by atoms with Gasteiger partial charge in [-0.25, -0.2) is 124 Å². The first-order chi connectivity index (χ1) is 64.6. The Bertz CT molecular complexity index is 6420. The van der Waals surface area contributed by atoms with Gasteiger partial charge in [0.25, 0.3) is 0 Å². The van der Waals surface area contributed by atoms with Crippen LogP contribution in [0.5, 0.6) is 0 Å². The molecule has 1 aliphatic rings. The molecule has 1 saturated carbocycles. The molecule has 10 aromatic rings. The summed E-state index contributed by atoms with van der Waals surface area (Å²) < 4.78 is 269. The van der Waals surface area contributed by atoms with E-state index < -0.39 is 198 Å². The highest BCUT2D eigenvalue weighted by molar-refractivity contribution is 7.70. The molecule has 1 fully saturated rings. The van der Waals surface area contributed by atoms with Crippen LogP contribution in [0.2, 0.25) is 0 Å². The summed E-state index contributed by atoms with van der Waals surface area (Å²) in [6, 6.07) is 13.1. The van der Waals surface area contributed by atoms with Crippen LogP contribution >= 0.6 is 116 Å². The lowest BCUT2D eigenvalue weighted by Crippen LogP contribution is -2.23. The number of aromatic nitrogens is 16. The Balaban J connectivity index is 0.000000239. The number of nitrogens with zero attached hydrogens (tertiary/aromatic N) is 16. The molecule has 0 spiro atoms. The van der Waals surface area contributed by atoms with Crippen molar-refractivity contribution < 1.29 is 252 Å². The third kappa shape index (κ3) is 42.2. The highest BCUT2D eigenvalue weighted by Crippen LogP contribution is 2.71. The monoisotopic (exact) mass is 2330 g/mol. The Kier molecular flexibility index (Phi) is 42.6. The normalized spacial score (nSPS) is 18.4. The first-order valence-electron chi connectivity index (χ1n) is 36.7. The van der Waals surface area contributed by atoms with Crippen LogP contribution in [-0.2, 0) is 172 Å². The van der Waals surface area contributed by atoms with Gasteiger partial charge in [-0.05, 0) is 61.4 Å². The molecule has 14 atom stereocenters. The van der Waals surface area contributed by atoms with Gasteiger partial charge in [-0.3, -0.25) is 22.8 Å². The number of aliphatic hydroxyl groups excluding tert-OH is 1. The van der Waals surface area contributed by atoms with Gasteiger partial charge in [-0.15, -0.1) is 0 Å². The summed E-state index contributed by atoms with van der Waals surface area (Å²) in [5.74, 6) is 0.929. The van der Waals surface area contributed by atoms with Crippen LogP contribution in [0, 0.1) is 0 Å². The van der Waals surface area contributed by atoms with Gasteiger partial charge in [-0.1, -0.05) is 0 Å². The standard InChI is InChI=1S/C11H19N4O11P3.C11H17N4O10P3.C10H16FN4O10P3.C10H17N4O11P3.C9H15FN5O10P3/c1-23-5-9(4-8-2-3-10-11(12)13-6-14-15(8)10)24-7-27(16,17)25-29(21,22)26-28(18,19)20;12-10-9-2-1-8(15(9)14-6-13-10)5-11(3-4-11)23-7-26(16,17)24-28(21,22)25-27(18,19)20;11-4-8(3-7-1-2-9-10(12)13-5-14-15(7)9)23-6-26(16,17)24-28(21,22)25-27(18,19)20;11-10-9-2-1-7(14(9)13-5-12-10)3-8(4-15)23-6-26(16,17)24-28(21,22)25-27(18,19)20;10-2-7(1-6-3-14-15-8(6)12-4-13-9(15)11)23-5-26(16,17)24-28(21,22)25-27(18,19)20/h2-3,6,9H,4-5,7H2,1H3,(H,16,17)(H,21,22)(H2,12,13,14)(H2,18,19,20);1-2,6H,3-5,7H2,(H,16,17)(H,21,22)(H2,12,13,14)(H2,18,19,20);1-2,5,8H,3-4,6H2,(H,16,17)(H,21,22)(H2,12,13,14)(H2,18,19,20);1-2,5,8,15H,3-4,6H2,(H,16,17)(H,21,22)(H2,11,12,13)(H2,18,19,20);3-4,7H,1-2,5H2,(H,16,17)(H,21,22)(H2,11,12,13)(H2,18,19,20). The number of hydrogen-bond acceptors (Lipinski definition) is 48. The molecule has 0 saturated heterocycles. The summed E-state index contributed by atoms with van der Waals surface area (Å²) in [5, 5.41) is 29.3. The van der Waals surface area contributed by atoms with Crippen LogP contribution in [0.15, 0.2) is 86.4 Å². The minimum Gasteiger partial charge on any atom is -0.394 e. The van der Waals surface area contributed by atoms with E-state index in [0.717, 1.165) is 6.33 Å². The van der Waals surface area contributed by atoms with Crippen LogP contribution in [0.3, 0.4) is 0 Å². The quantitative estimate of drug-likeness (QED) is 0.0238. The molecule has 90 heteroatoms. The van der Waals surface area contributed by atoms with Gasteiger partial charge in [0.05, 0.1) is 49.4 Å². The molecule has 0 bridgehead atoms. The van der Waals surface area contributed by atoms with E-state index in [-0.39, 0.29) is 67.2 Å². The fraction of sp³-hybridized carbons (Fsp3) is 0.431. The number of phosphoric acid groups is 10. The number of ether oxygens (including phenoxy) is 6. The second-order valence-corrected chi connectivity index (χ2v) is 51.4. The molecule has 11 rings (SSSR count). The first-order valence-corrected chi connectivity index (χ1v) is 60.7. The molecule has 0 amide bonds. The molecule has 14 unspecified atom stereocenters. The number of anilines is 5. The number of halogens is 2. The van der Waals surface area contributed by atoms with Crippen LogP contribution in [-0.4, -0.2) is 276 Å². The topological polar surface area (TPSA) is 1120 Å². The number of aliphatic hydroxyl groups is 1. The zero-order valence-corrected chi connectivity index (χ0v) is 83.7. The number of nitrogens with two attached hydrogens (primary N) is 5. The zero-order chi connectivity index (χ0) is 106. The van der Waals surface area contributed by atoms with Crippen molar-refractivity contribution in [3.63, 3.8) is 0 Å². The highest BCUT2D eigenvalue weighted by atomic mass is 31.3. The lowest BCUT2D eigenvalue weighted by molar-refractivity contribution is 0.0128. The summed E-state index contributed by atoms with van der Waals surface area (Å²) in [4.78, 5) is 201. The smallest absolute Gasteiger partial charge is 0.394 e. The summed E-state index contributed by atoms with van der Waals surface area (Å²) in [7, 11) is -78.5. The molecule has 0 aromatic carbocycles. The molecule has 10 heterocycles. The van der Waals surface area contributed by atoms with Crippen molar-refractivity contribution in [2.45, 2.75) is 75.0 Å². The summed E-state index contributed by atoms with van der Waals surface area (Å²) in [6.07, 6.45) is -1.68. The number of rotatable bonds is 50. The zero-order valence-electron chi connectivity index (χ0n) is 70.3. The maximum absolute atomic E-state index is 13.2. The Morgan fingerprint density at radius 3 is 0.936 bits per heavy atom. The lowest BCUT2D eigenvalue weighted by Gasteiger charge is -2.20. The Morgan fingerprint density at radius 2 is 0.631 bits per heavy atom. The van der Waals surface area contributed by atoms with Crippen molar-refractivity contribution >= 4 is 173 Å². The van der Waals surface area contributed by atoms with Gasteiger partial charge in [-0.2, -0.15) is 51.6 Å². The number of hydrogen-bond donors (Lipinski definition) is 26. The van der Waals surface area contributed by atoms with Crippen molar-refractivity contribution in [2.24, 2.45) is 0 Å². The molecule has 794 valence electrons. The predicted octanol–water partition coefficient (Wildman–Crippen LogP) is 1.18.